The van der Waals surface area contributed by atoms with Crippen LogP contribution in [0.4, 0.5) is 5.95 Å². The molecule has 0 radical (unpaired) electrons. The second-order valence-corrected chi connectivity index (χ2v) is 8.07. The van der Waals surface area contributed by atoms with Crippen LogP contribution in [-0.2, 0) is 23.8 Å². The van der Waals surface area contributed by atoms with Crippen molar-refractivity contribution >= 4 is 52.1 Å². The maximum Gasteiger partial charge on any atom is 0.303 e. The molecule has 3 rings (SSSR count). The first-order valence-electron chi connectivity index (χ1n) is 9.36. The topological polar surface area (TPSA) is 112 Å². The first-order chi connectivity index (χ1) is 14.1. The molecule has 0 amide bonds. The van der Waals surface area contributed by atoms with Gasteiger partial charge in [0.15, 0.2) is 18.4 Å². The Balaban J connectivity index is 2.18. The lowest BCUT2D eigenvalue weighted by atomic mass is 10.1. The molecule has 1 aliphatic rings. The van der Waals surface area contributed by atoms with Crippen molar-refractivity contribution in [2.45, 2.75) is 58.3 Å². The molecule has 11 heteroatoms. The largest absolute Gasteiger partial charge is 0.456 e. The van der Waals surface area contributed by atoms with Crippen LogP contribution >= 0.6 is 23.2 Å². The molecule has 30 heavy (non-hydrogen) atoms. The van der Waals surface area contributed by atoms with E-state index >= 15 is 0 Å². The summed E-state index contributed by atoms with van der Waals surface area (Å²) in [6, 6.07) is 3.25. The molecule has 2 heterocycles. The summed E-state index contributed by atoms with van der Waals surface area (Å²) in [6.07, 6.45) is -3.88. The average Bonchev–Trinajstić information content (AvgIpc) is 3.12. The number of imidazole rings is 1. The van der Waals surface area contributed by atoms with Gasteiger partial charge in [-0.25, -0.2) is 4.98 Å². The van der Waals surface area contributed by atoms with E-state index in [1.807, 2.05) is 13.8 Å². The van der Waals surface area contributed by atoms with Gasteiger partial charge in [0.05, 0.1) is 27.7 Å². The molecule has 0 bridgehead atoms. The molecule has 1 aromatic heterocycles. The summed E-state index contributed by atoms with van der Waals surface area (Å²) in [5, 5.41) is 13.6. The van der Waals surface area contributed by atoms with Gasteiger partial charge in [-0.2, -0.15) is 0 Å². The van der Waals surface area contributed by atoms with Crippen LogP contribution in [0, 0.1) is 0 Å². The van der Waals surface area contributed by atoms with Crippen molar-refractivity contribution in [3.63, 3.8) is 0 Å². The summed E-state index contributed by atoms with van der Waals surface area (Å²) >= 11 is 12.4. The van der Waals surface area contributed by atoms with Gasteiger partial charge in [0, 0.05) is 19.9 Å². The van der Waals surface area contributed by atoms with E-state index < -0.39 is 43.1 Å². The number of hydrogen-bond acceptors (Lipinski definition) is 8. The van der Waals surface area contributed by atoms with E-state index in [1.165, 1.54) is 13.8 Å². The van der Waals surface area contributed by atoms with Gasteiger partial charge in [-0.3, -0.25) is 14.2 Å². The number of rotatable bonds is 6. The fraction of sp³-hybridized carbons (Fsp3) is 0.526. The maximum atomic E-state index is 11.8. The molecular formula is C19H23Cl2N3O6. The zero-order chi connectivity index (χ0) is 22.2. The molecular weight excluding hydrogens is 437 g/mol. The Kier molecular flexibility index (Phi) is 6.76. The van der Waals surface area contributed by atoms with Gasteiger partial charge in [0.25, 0.3) is 0 Å². The Labute approximate surface area is 183 Å². The number of anilines is 1. The highest BCUT2D eigenvalue weighted by Crippen LogP contribution is 2.39. The first kappa shape index (κ1) is 22.6. The Hall–Kier alpha value is -2.07. The fourth-order valence-corrected chi connectivity index (χ4v) is 3.74. The van der Waals surface area contributed by atoms with Gasteiger partial charge >= 0.3 is 11.9 Å². The summed E-state index contributed by atoms with van der Waals surface area (Å²) in [5.41, 5.74) is 1.10. The van der Waals surface area contributed by atoms with Crippen LogP contribution in [0.5, 0.6) is 0 Å². The first-order valence-corrected chi connectivity index (χ1v) is 10.1. The lowest BCUT2D eigenvalue weighted by molar-refractivity contribution is -0.165. The average molecular weight is 460 g/mol. The Morgan fingerprint density at radius 2 is 1.80 bits per heavy atom. The molecule has 0 saturated carbocycles. The van der Waals surface area contributed by atoms with Crippen molar-refractivity contribution in [1.29, 1.82) is 0 Å². The predicted octanol–water partition coefficient (Wildman–Crippen LogP) is 2.92. The molecule has 4 atom stereocenters. The molecule has 9 nitrogen and oxygen atoms in total. The van der Waals surface area contributed by atoms with E-state index in [0.29, 0.717) is 27.0 Å². The number of ether oxygens (including phenoxy) is 3. The standard InChI is InChI=1S/C19H23Cl2N3O6/c1-8(2)22-19-23-13-5-11(20)12(21)6-14(13)24(19)18-17(29-10(4)27)16(28-9(3)26)15(7-25)30-18/h5-6,8,15-18,25H,7H2,1-4H3,(H,22,23)/t15?,16-,17-,18-/m0/s1. The lowest BCUT2D eigenvalue weighted by Gasteiger charge is -2.25. The summed E-state index contributed by atoms with van der Waals surface area (Å²) in [7, 11) is 0. The molecule has 1 fully saturated rings. The SMILES string of the molecule is CC(=O)O[C@H]1[C@@H](OC(C)=O)C(CO)O[C@@H]1n1c(NC(C)C)nc2cc(Cl)c(Cl)cc21. The molecule has 2 aromatic rings. The number of benzene rings is 1. The van der Waals surface area contributed by atoms with Crippen LogP contribution < -0.4 is 5.32 Å². The number of nitrogens with one attached hydrogen (secondary N) is 1. The number of hydrogen-bond donors (Lipinski definition) is 2. The highest BCUT2D eigenvalue weighted by Gasteiger charge is 2.50. The van der Waals surface area contributed by atoms with Gasteiger partial charge in [0.1, 0.15) is 6.10 Å². The van der Waals surface area contributed by atoms with Gasteiger partial charge in [-0.05, 0) is 26.0 Å². The van der Waals surface area contributed by atoms with Crippen LogP contribution in [0.1, 0.15) is 33.9 Å². The maximum absolute atomic E-state index is 11.8. The van der Waals surface area contributed by atoms with Crippen LogP contribution in [0.3, 0.4) is 0 Å². The smallest absolute Gasteiger partial charge is 0.303 e. The summed E-state index contributed by atoms with van der Waals surface area (Å²) in [6.45, 7) is 5.89. The van der Waals surface area contributed by atoms with E-state index in [4.69, 9.17) is 37.4 Å². The third-order valence-electron chi connectivity index (χ3n) is 4.47. The van der Waals surface area contributed by atoms with Crippen LogP contribution in [0.25, 0.3) is 11.0 Å². The molecule has 1 unspecified atom stereocenters. The number of aromatic nitrogens is 2. The quantitative estimate of drug-likeness (QED) is 0.633. The van der Waals surface area contributed by atoms with E-state index in [-0.39, 0.29) is 6.04 Å². The molecule has 2 N–H and O–H groups in total. The molecule has 1 aliphatic heterocycles. The van der Waals surface area contributed by atoms with Crippen molar-refractivity contribution in [3.05, 3.63) is 22.2 Å². The normalized spacial score (nSPS) is 23.7. The third kappa shape index (κ3) is 4.49. The fourth-order valence-electron chi connectivity index (χ4n) is 3.42. The predicted molar refractivity (Wildman–Crippen MR) is 111 cm³/mol. The van der Waals surface area contributed by atoms with E-state index in [9.17, 15) is 14.7 Å². The zero-order valence-corrected chi connectivity index (χ0v) is 18.4. The van der Waals surface area contributed by atoms with Crippen LogP contribution in [0.15, 0.2) is 12.1 Å². The molecule has 0 spiro atoms. The second kappa shape index (κ2) is 8.97. The highest BCUT2D eigenvalue weighted by atomic mass is 35.5. The number of halogens is 2. The van der Waals surface area contributed by atoms with Crippen LogP contribution in [0.2, 0.25) is 10.0 Å². The number of aliphatic hydroxyl groups excluding tert-OH is 1. The van der Waals surface area contributed by atoms with Gasteiger partial charge in [-0.1, -0.05) is 23.2 Å². The highest BCUT2D eigenvalue weighted by molar-refractivity contribution is 6.42. The Morgan fingerprint density at radius 1 is 1.20 bits per heavy atom. The summed E-state index contributed by atoms with van der Waals surface area (Å²) in [4.78, 5) is 28.0. The monoisotopic (exact) mass is 459 g/mol. The number of nitrogens with zero attached hydrogens (tertiary/aromatic N) is 2. The third-order valence-corrected chi connectivity index (χ3v) is 5.20. The number of fused-ring (bicyclic) bond motifs is 1. The number of esters is 2. The minimum Gasteiger partial charge on any atom is -0.456 e. The van der Waals surface area contributed by atoms with Gasteiger partial charge in [-0.15, -0.1) is 0 Å². The lowest BCUT2D eigenvalue weighted by Crippen LogP contribution is -2.40. The molecule has 0 aliphatic carbocycles. The Bertz CT molecular complexity index is 963. The van der Waals surface area contributed by atoms with Gasteiger partial charge < -0.3 is 24.6 Å². The Morgan fingerprint density at radius 3 is 2.37 bits per heavy atom. The number of carbonyl (C=O) groups is 2. The second-order valence-electron chi connectivity index (χ2n) is 7.26. The number of carbonyl (C=O) groups excluding carboxylic acids is 2. The van der Waals surface area contributed by atoms with E-state index in [2.05, 4.69) is 10.3 Å². The van der Waals surface area contributed by atoms with Crippen molar-refractivity contribution in [3.8, 4) is 0 Å². The minimum atomic E-state index is -1.02. The van der Waals surface area contributed by atoms with Crippen molar-refractivity contribution in [2.24, 2.45) is 0 Å². The van der Waals surface area contributed by atoms with Crippen molar-refractivity contribution in [2.75, 3.05) is 11.9 Å². The van der Waals surface area contributed by atoms with E-state index in [1.54, 1.807) is 16.7 Å². The molecule has 164 valence electrons. The minimum absolute atomic E-state index is 0.0120. The summed E-state index contributed by atoms with van der Waals surface area (Å²) in [5.74, 6) is -0.764. The molecule has 1 aromatic carbocycles. The molecule has 1 saturated heterocycles. The number of aliphatic hydroxyl groups is 1. The summed E-state index contributed by atoms with van der Waals surface area (Å²) < 4.78 is 18.4. The van der Waals surface area contributed by atoms with Gasteiger partial charge in [0.2, 0.25) is 5.95 Å². The van der Waals surface area contributed by atoms with Crippen molar-refractivity contribution < 1.29 is 28.9 Å². The zero-order valence-electron chi connectivity index (χ0n) is 16.9. The van der Waals surface area contributed by atoms with Crippen molar-refractivity contribution in [1.82, 2.24) is 9.55 Å². The van der Waals surface area contributed by atoms with E-state index in [0.717, 1.165) is 0 Å². The van der Waals surface area contributed by atoms with Crippen LogP contribution in [-0.4, -0.2) is 57.6 Å².